The van der Waals surface area contributed by atoms with Crippen molar-refractivity contribution in [2.24, 2.45) is 0 Å². The van der Waals surface area contributed by atoms with Crippen LogP contribution < -0.4 is 15.8 Å². The lowest BCUT2D eigenvalue weighted by Crippen LogP contribution is -3.12. The molecule has 3 N–H and O–H groups in total. The topological polar surface area (TPSA) is 79.3 Å². The molecule has 1 atom stereocenters. The highest BCUT2D eigenvalue weighted by Crippen LogP contribution is 2.22. The fraction of sp³-hybridized carbons (Fsp3) is 0.400. The zero-order valence-electron chi connectivity index (χ0n) is 18.8. The number of aromatic nitrogens is 2. The van der Waals surface area contributed by atoms with E-state index in [-0.39, 0.29) is 11.5 Å². The number of hydrogen-bond acceptors (Lipinski definition) is 3. The number of benzene rings is 2. The number of carbonyl (C=O) groups is 1. The Morgan fingerprint density at radius 1 is 1.03 bits per heavy atom. The van der Waals surface area contributed by atoms with Gasteiger partial charge in [0.25, 0.3) is 11.5 Å². The van der Waals surface area contributed by atoms with Crippen molar-refractivity contribution in [3.8, 4) is 0 Å². The van der Waals surface area contributed by atoms with Gasteiger partial charge in [0.2, 0.25) is 0 Å². The van der Waals surface area contributed by atoms with E-state index in [1.54, 1.807) is 6.07 Å². The quantitative estimate of drug-likeness (QED) is 0.471. The first-order valence-electron chi connectivity index (χ1n) is 11.3. The first kappa shape index (κ1) is 22.7. The third kappa shape index (κ3) is 5.79. The van der Waals surface area contributed by atoms with Crippen LogP contribution in [-0.4, -0.2) is 29.0 Å². The zero-order chi connectivity index (χ0) is 22.2. The van der Waals surface area contributed by atoms with Crippen LogP contribution in [0.15, 0.2) is 47.3 Å². The number of unbranched alkanes of at least 4 members (excludes halogenated alkanes) is 1. The molecule has 0 fully saturated rings. The number of quaternary nitrogens is 1. The second-order valence-corrected chi connectivity index (χ2v) is 7.94. The summed E-state index contributed by atoms with van der Waals surface area (Å²) in [5, 5.41) is 3.75. The molecule has 0 aliphatic carbocycles. The number of fused-ring (bicyclic) bond motifs is 1. The van der Waals surface area contributed by atoms with Crippen LogP contribution in [0.4, 0.5) is 5.69 Å². The summed E-state index contributed by atoms with van der Waals surface area (Å²) in [5.74, 6) is 0.607. The van der Waals surface area contributed by atoms with Crippen LogP contribution in [-0.2, 0) is 24.2 Å². The largest absolute Gasteiger partial charge is 0.321 e. The van der Waals surface area contributed by atoms with Crippen molar-refractivity contribution >= 4 is 22.5 Å². The molecular formula is C25H33N4O2+. The van der Waals surface area contributed by atoms with Crippen molar-refractivity contribution < 1.29 is 9.69 Å². The molecule has 1 unspecified atom stereocenters. The fourth-order valence-electron chi connectivity index (χ4n) is 3.94. The molecule has 1 amide bonds. The summed E-state index contributed by atoms with van der Waals surface area (Å²) < 4.78 is 0. The summed E-state index contributed by atoms with van der Waals surface area (Å²) in [7, 11) is 0. The second-order valence-electron chi connectivity index (χ2n) is 7.94. The number of aromatic amines is 1. The number of H-pyrrole nitrogens is 1. The lowest BCUT2D eigenvalue weighted by Gasteiger charge is -2.20. The minimum Gasteiger partial charge on any atom is -0.321 e. The molecule has 0 spiro atoms. The third-order valence-corrected chi connectivity index (χ3v) is 5.64. The second kappa shape index (κ2) is 10.9. The fourth-order valence-corrected chi connectivity index (χ4v) is 3.94. The third-order valence-electron chi connectivity index (χ3n) is 5.64. The van der Waals surface area contributed by atoms with Crippen LogP contribution in [0.2, 0.25) is 0 Å². The van der Waals surface area contributed by atoms with Gasteiger partial charge in [-0.25, -0.2) is 4.98 Å². The molecule has 2 aromatic carbocycles. The minimum atomic E-state index is -0.135. The summed E-state index contributed by atoms with van der Waals surface area (Å²) in [4.78, 5) is 34.0. The zero-order valence-corrected chi connectivity index (χ0v) is 18.8. The first-order valence-corrected chi connectivity index (χ1v) is 11.3. The van der Waals surface area contributed by atoms with Crippen LogP contribution >= 0.6 is 0 Å². The molecule has 6 nitrogen and oxygen atoms in total. The molecule has 1 heterocycles. The molecule has 164 valence electrons. The predicted molar refractivity (Wildman–Crippen MR) is 126 cm³/mol. The average Bonchev–Trinajstić information content (AvgIpc) is 2.77. The van der Waals surface area contributed by atoms with Gasteiger partial charge in [-0.15, -0.1) is 0 Å². The Kier molecular flexibility index (Phi) is 7.95. The van der Waals surface area contributed by atoms with Crippen LogP contribution in [0.3, 0.4) is 0 Å². The summed E-state index contributed by atoms with van der Waals surface area (Å²) in [6.07, 6.45) is 3.80. The average molecular weight is 422 g/mol. The number of para-hydroxylation sites is 2. The van der Waals surface area contributed by atoms with Crippen molar-refractivity contribution in [2.75, 3.05) is 18.4 Å². The van der Waals surface area contributed by atoms with E-state index in [1.807, 2.05) is 24.3 Å². The van der Waals surface area contributed by atoms with Crippen molar-refractivity contribution in [1.82, 2.24) is 9.97 Å². The van der Waals surface area contributed by atoms with Crippen LogP contribution in [0.25, 0.3) is 10.9 Å². The number of aryl methyl sites for hydroxylation is 2. The lowest BCUT2D eigenvalue weighted by molar-refractivity contribution is -0.906. The van der Waals surface area contributed by atoms with Crippen molar-refractivity contribution in [3.05, 3.63) is 69.8 Å². The number of rotatable bonds is 10. The van der Waals surface area contributed by atoms with Gasteiger partial charge < -0.3 is 15.2 Å². The standard InChI is InChI=1S/C25H32N4O2/c1-4-7-15-29(16-22-26-21-14-9-8-13-20(21)25(31)27-22)17-23(30)28-24-18(5-2)11-10-12-19(24)6-3/h8-14H,4-7,15-17H2,1-3H3,(H,28,30)(H,26,27,31)/p+1. The molecule has 3 aromatic rings. The van der Waals surface area contributed by atoms with Gasteiger partial charge in [-0.2, -0.15) is 0 Å². The van der Waals surface area contributed by atoms with Gasteiger partial charge in [0.05, 0.1) is 17.4 Å². The summed E-state index contributed by atoms with van der Waals surface area (Å²) >= 11 is 0. The first-order chi connectivity index (χ1) is 15.0. The molecular weight excluding hydrogens is 388 g/mol. The molecule has 6 heteroatoms. The SMILES string of the molecule is CCCC[NH+](CC(=O)Nc1c(CC)cccc1CC)Cc1nc2ccccc2c(=O)[nH]1. The Labute approximate surface area is 183 Å². The Morgan fingerprint density at radius 3 is 2.42 bits per heavy atom. The number of carbonyl (C=O) groups excluding carboxylic acids is 1. The van der Waals surface area contributed by atoms with Crippen LogP contribution in [0.5, 0.6) is 0 Å². The number of hydrogen-bond donors (Lipinski definition) is 3. The number of nitrogens with zero attached hydrogens (tertiary/aromatic N) is 1. The molecule has 0 radical (unpaired) electrons. The molecule has 3 rings (SSSR count). The van der Waals surface area contributed by atoms with Gasteiger partial charge in [0.1, 0.15) is 6.54 Å². The lowest BCUT2D eigenvalue weighted by atomic mass is 10.0. The van der Waals surface area contributed by atoms with Gasteiger partial charge in [-0.05, 0) is 42.5 Å². The molecule has 1 aromatic heterocycles. The summed E-state index contributed by atoms with van der Waals surface area (Å²) in [5.41, 5.74) is 3.81. The van der Waals surface area contributed by atoms with E-state index in [4.69, 9.17) is 0 Å². The summed E-state index contributed by atoms with van der Waals surface area (Å²) in [6, 6.07) is 13.5. The van der Waals surface area contributed by atoms with Gasteiger partial charge in [-0.3, -0.25) is 9.59 Å². The maximum atomic E-state index is 13.0. The van der Waals surface area contributed by atoms with E-state index in [1.165, 1.54) is 0 Å². The Morgan fingerprint density at radius 2 is 1.74 bits per heavy atom. The number of anilines is 1. The normalized spacial score (nSPS) is 12.1. The monoisotopic (exact) mass is 421 g/mol. The van der Waals surface area contributed by atoms with Crippen LogP contribution in [0, 0.1) is 0 Å². The molecule has 0 bridgehead atoms. The maximum Gasteiger partial charge on any atom is 0.279 e. The van der Waals surface area contributed by atoms with E-state index in [0.29, 0.717) is 29.8 Å². The molecule has 0 aliphatic rings. The van der Waals surface area contributed by atoms with E-state index >= 15 is 0 Å². The molecule has 0 saturated heterocycles. The van der Waals surface area contributed by atoms with Crippen LogP contribution in [0.1, 0.15) is 50.6 Å². The highest BCUT2D eigenvalue weighted by Gasteiger charge is 2.18. The van der Waals surface area contributed by atoms with Gasteiger partial charge in [0.15, 0.2) is 12.4 Å². The van der Waals surface area contributed by atoms with E-state index < -0.39 is 0 Å². The van der Waals surface area contributed by atoms with Gasteiger partial charge in [0, 0.05) is 5.69 Å². The van der Waals surface area contributed by atoms with Gasteiger partial charge >= 0.3 is 0 Å². The van der Waals surface area contributed by atoms with Gasteiger partial charge in [-0.1, -0.05) is 57.5 Å². The van der Waals surface area contributed by atoms with E-state index in [9.17, 15) is 9.59 Å². The van der Waals surface area contributed by atoms with E-state index in [2.05, 4.69) is 48.2 Å². The number of amides is 1. The Balaban J connectivity index is 1.78. The van der Waals surface area contributed by atoms with Crippen molar-refractivity contribution in [2.45, 2.75) is 53.0 Å². The van der Waals surface area contributed by atoms with E-state index in [0.717, 1.165) is 53.9 Å². The highest BCUT2D eigenvalue weighted by atomic mass is 16.2. The summed E-state index contributed by atoms with van der Waals surface area (Å²) in [6.45, 7) is 8.02. The minimum absolute atomic E-state index is 0.00941. The highest BCUT2D eigenvalue weighted by molar-refractivity contribution is 5.93. The number of nitrogens with one attached hydrogen (secondary N) is 3. The Hall–Kier alpha value is -2.99. The maximum absolute atomic E-state index is 13.0. The molecule has 0 aliphatic heterocycles. The molecule has 31 heavy (non-hydrogen) atoms. The van der Waals surface area contributed by atoms with Crippen molar-refractivity contribution in [3.63, 3.8) is 0 Å². The smallest absolute Gasteiger partial charge is 0.279 e. The van der Waals surface area contributed by atoms with Crippen molar-refractivity contribution in [1.29, 1.82) is 0 Å². The predicted octanol–water partition coefficient (Wildman–Crippen LogP) is 2.87. The Bertz CT molecular complexity index is 1070. The molecule has 0 saturated carbocycles.